The number of nitrogens with two attached hydrogens (primary N) is 1. The Balaban J connectivity index is 1.93. The van der Waals surface area contributed by atoms with E-state index in [0.29, 0.717) is 6.54 Å². The lowest BCUT2D eigenvalue weighted by Gasteiger charge is -2.22. The van der Waals surface area contributed by atoms with Gasteiger partial charge in [0.15, 0.2) is 5.96 Å². The van der Waals surface area contributed by atoms with Crippen LogP contribution in [0.5, 0.6) is 0 Å². The highest BCUT2D eigenvalue weighted by atomic mass is 32.2. The van der Waals surface area contributed by atoms with Gasteiger partial charge in [0.25, 0.3) is 0 Å². The van der Waals surface area contributed by atoms with Gasteiger partial charge < -0.3 is 10.2 Å². The maximum Gasteiger partial charge on any atom is 0.238 e. The smallest absolute Gasteiger partial charge is 0.238 e. The first kappa shape index (κ1) is 18.4. The molecule has 130 valence electrons. The molecular formula is C16H22N4O2S2. The van der Waals surface area contributed by atoms with Gasteiger partial charge in [-0.3, -0.25) is 4.99 Å². The fraction of sp³-hybridized carbons (Fsp3) is 0.312. The number of thiophene rings is 1. The molecule has 0 amide bonds. The summed E-state index contributed by atoms with van der Waals surface area (Å²) >= 11 is 1.74. The van der Waals surface area contributed by atoms with Crippen LogP contribution in [0.1, 0.15) is 10.4 Å². The Morgan fingerprint density at radius 1 is 1.33 bits per heavy atom. The van der Waals surface area contributed by atoms with Crippen LogP contribution in [0.2, 0.25) is 0 Å². The fourth-order valence-corrected chi connectivity index (χ4v) is 3.52. The quantitative estimate of drug-likeness (QED) is 0.601. The zero-order chi connectivity index (χ0) is 17.6. The van der Waals surface area contributed by atoms with Crippen LogP contribution in [-0.2, 0) is 23.0 Å². The molecule has 1 aromatic carbocycles. The number of hydrogen-bond donors (Lipinski definition) is 2. The second-order valence-corrected chi connectivity index (χ2v) is 7.94. The predicted molar refractivity (Wildman–Crippen MR) is 98.7 cm³/mol. The van der Waals surface area contributed by atoms with Crippen molar-refractivity contribution in [3.8, 4) is 0 Å². The van der Waals surface area contributed by atoms with Gasteiger partial charge >= 0.3 is 0 Å². The normalized spacial score (nSPS) is 12.2. The lowest BCUT2D eigenvalue weighted by Crippen LogP contribution is -2.39. The maximum atomic E-state index is 11.4. The van der Waals surface area contributed by atoms with Crippen molar-refractivity contribution in [1.82, 2.24) is 10.2 Å². The van der Waals surface area contributed by atoms with Crippen LogP contribution >= 0.6 is 11.3 Å². The average Bonchev–Trinajstić information content (AvgIpc) is 3.06. The molecule has 0 fully saturated rings. The standard InChI is InChI=1S/C16H22N4O2S2/c1-18-16(20(2)9-8-14-6-4-10-23-14)19-12-13-5-3-7-15(11-13)24(17,21)22/h3-7,10-11H,8-9,12H2,1-2H3,(H,18,19)(H2,17,21,22). The summed E-state index contributed by atoms with van der Waals surface area (Å²) in [6.45, 7) is 1.32. The van der Waals surface area contributed by atoms with Gasteiger partial charge in [-0.25, -0.2) is 13.6 Å². The first-order valence-electron chi connectivity index (χ1n) is 7.46. The Bertz CT molecular complexity index is 786. The van der Waals surface area contributed by atoms with Crippen LogP contribution in [0.3, 0.4) is 0 Å². The van der Waals surface area contributed by atoms with Crippen molar-refractivity contribution in [3.63, 3.8) is 0 Å². The Morgan fingerprint density at radius 2 is 2.12 bits per heavy atom. The molecule has 0 unspecified atom stereocenters. The molecule has 24 heavy (non-hydrogen) atoms. The van der Waals surface area contributed by atoms with E-state index in [1.807, 2.05) is 24.1 Å². The molecule has 0 aliphatic heterocycles. The van der Waals surface area contributed by atoms with Crippen molar-refractivity contribution in [1.29, 1.82) is 0 Å². The molecule has 6 nitrogen and oxygen atoms in total. The maximum absolute atomic E-state index is 11.4. The number of sulfonamides is 1. The fourth-order valence-electron chi connectivity index (χ4n) is 2.24. The number of guanidine groups is 1. The van der Waals surface area contributed by atoms with Gasteiger partial charge in [-0.2, -0.15) is 0 Å². The van der Waals surface area contributed by atoms with E-state index in [2.05, 4.69) is 21.8 Å². The number of hydrogen-bond acceptors (Lipinski definition) is 4. The van der Waals surface area contributed by atoms with Crippen LogP contribution in [0, 0.1) is 0 Å². The molecule has 0 bridgehead atoms. The van der Waals surface area contributed by atoms with Crippen molar-refractivity contribution in [3.05, 3.63) is 52.2 Å². The Morgan fingerprint density at radius 3 is 2.75 bits per heavy atom. The van der Waals surface area contributed by atoms with Crippen LogP contribution in [0.4, 0.5) is 0 Å². The minimum Gasteiger partial charge on any atom is -0.352 e. The third-order valence-electron chi connectivity index (χ3n) is 3.52. The second kappa shape index (κ2) is 8.27. The van der Waals surface area contributed by atoms with Crippen LogP contribution in [0.25, 0.3) is 0 Å². The van der Waals surface area contributed by atoms with Gasteiger partial charge in [0.1, 0.15) is 0 Å². The van der Waals surface area contributed by atoms with Gasteiger partial charge in [-0.05, 0) is 35.6 Å². The number of nitrogens with one attached hydrogen (secondary N) is 1. The summed E-state index contributed by atoms with van der Waals surface area (Å²) in [4.78, 5) is 7.76. The predicted octanol–water partition coefficient (Wildman–Crippen LogP) is 1.65. The minimum atomic E-state index is -3.69. The zero-order valence-electron chi connectivity index (χ0n) is 13.8. The number of benzene rings is 1. The van der Waals surface area contributed by atoms with E-state index >= 15 is 0 Å². The highest BCUT2D eigenvalue weighted by Crippen LogP contribution is 2.11. The van der Waals surface area contributed by atoms with Gasteiger partial charge in [0.05, 0.1) is 4.90 Å². The zero-order valence-corrected chi connectivity index (χ0v) is 15.4. The first-order chi connectivity index (χ1) is 11.4. The summed E-state index contributed by atoms with van der Waals surface area (Å²) in [6.07, 6.45) is 0.954. The number of primary sulfonamides is 1. The number of rotatable bonds is 6. The molecule has 1 heterocycles. The van der Waals surface area contributed by atoms with Crippen molar-refractivity contribution < 1.29 is 8.42 Å². The molecule has 0 spiro atoms. The van der Waals surface area contributed by atoms with E-state index in [1.165, 1.54) is 10.9 Å². The molecule has 0 saturated heterocycles. The van der Waals surface area contributed by atoms with E-state index in [4.69, 9.17) is 5.14 Å². The number of nitrogens with zero attached hydrogens (tertiary/aromatic N) is 2. The summed E-state index contributed by atoms with van der Waals surface area (Å²) in [5.41, 5.74) is 0.828. The van der Waals surface area contributed by atoms with E-state index in [0.717, 1.165) is 24.5 Å². The molecule has 0 aliphatic rings. The highest BCUT2D eigenvalue weighted by Gasteiger charge is 2.09. The topological polar surface area (TPSA) is 87.8 Å². The largest absolute Gasteiger partial charge is 0.352 e. The summed E-state index contributed by atoms with van der Waals surface area (Å²) in [5, 5.41) is 10.5. The third kappa shape index (κ3) is 5.33. The molecular weight excluding hydrogens is 344 g/mol. The van der Waals surface area contributed by atoms with Crippen molar-refractivity contribution in [2.45, 2.75) is 17.9 Å². The molecule has 0 saturated carbocycles. The van der Waals surface area contributed by atoms with Crippen molar-refractivity contribution in [2.24, 2.45) is 10.1 Å². The number of aliphatic imine (C=N–C) groups is 1. The average molecular weight is 367 g/mol. The molecule has 1 aromatic heterocycles. The van der Waals surface area contributed by atoms with Crippen LogP contribution in [-0.4, -0.2) is 39.9 Å². The first-order valence-corrected chi connectivity index (χ1v) is 9.88. The SMILES string of the molecule is CN=C(NCc1cccc(S(N)(=O)=O)c1)N(C)CCc1cccs1. The Kier molecular flexibility index (Phi) is 6.36. The molecule has 8 heteroatoms. The van der Waals surface area contributed by atoms with E-state index in [9.17, 15) is 8.42 Å². The lowest BCUT2D eigenvalue weighted by molar-refractivity contribution is 0.486. The highest BCUT2D eigenvalue weighted by molar-refractivity contribution is 7.89. The third-order valence-corrected chi connectivity index (χ3v) is 5.37. The molecule has 3 N–H and O–H groups in total. The van der Waals surface area contributed by atoms with Crippen molar-refractivity contribution >= 4 is 27.3 Å². The van der Waals surface area contributed by atoms with Crippen molar-refractivity contribution in [2.75, 3.05) is 20.6 Å². The monoisotopic (exact) mass is 366 g/mol. The van der Waals surface area contributed by atoms with Gasteiger partial charge in [-0.1, -0.05) is 18.2 Å². The Labute approximate surface area is 147 Å². The van der Waals surface area contributed by atoms with Crippen LogP contribution in [0.15, 0.2) is 51.7 Å². The van der Waals surface area contributed by atoms with Crippen LogP contribution < -0.4 is 10.5 Å². The van der Waals surface area contributed by atoms with E-state index in [1.54, 1.807) is 30.5 Å². The van der Waals surface area contributed by atoms with Gasteiger partial charge in [0.2, 0.25) is 10.0 Å². The molecule has 0 radical (unpaired) electrons. The molecule has 2 rings (SSSR count). The van der Waals surface area contributed by atoms with E-state index < -0.39 is 10.0 Å². The van der Waals surface area contributed by atoms with E-state index in [-0.39, 0.29) is 4.90 Å². The summed E-state index contributed by atoms with van der Waals surface area (Å²) in [5.74, 6) is 0.757. The molecule has 0 aliphatic carbocycles. The number of likely N-dealkylation sites (N-methyl/N-ethyl adjacent to an activating group) is 1. The summed E-state index contributed by atoms with van der Waals surface area (Å²) in [6, 6.07) is 10.8. The van der Waals surface area contributed by atoms with Gasteiger partial charge in [-0.15, -0.1) is 11.3 Å². The summed E-state index contributed by atoms with van der Waals surface area (Å²) < 4.78 is 22.8. The molecule has 0 atom stereocenters. The lowest BCUT2D eigenvalue weighted by atomic mass is 10.2. The Hall–Kier alpha value is -1.90. The minimum absolute atomic E-state index is 0.114. The van der Waals surface area contributed by atoms with Gasteiger partial charge in [0, 0.05) is 32.1 Å². The summed E-state index contributed by atoms with van der Waals surface area (Å²) in [7, 11) is 0.0160. The second-order valence-electron chi connectivity index (χ2n) is 5.34. The molecule has 2 aromatic rings.